The van der Waals surface area contributed by atoms with Crippen LogP contribution < -0.4 is 5.32 Å². The SMILES string of the molecule is CC(C)(C)C(CCBr)NC(=O)Cc1ccccc1. The highest BCUT2D eigenvalue weighted by Crippen LogP contribution is 2.22. The fourth-order valence-corrected chi connectivity index (χ4v) is 2.32. The number of halogens is 1. The summed E-state index contributed by atoms with van der Waals surface area (Å²) in [6.07, 6.45) is 1.40. The van der Waals surface area contributed by atoms with Gasteiger partial charge in [0.2, 0.25) is 5.91 Å². The molecule has 0 heterocycles. The third-order valence-corrected chi connectivity index (χ3v) is 3.44. The quantitative estimate of drug-likeness (QED) is 0.828. The zero-order chi connectivity index (χ0) is 13.6. The highest BCUT2D eigenvalue weighted by Gasteiger charge is 2.25. The molecule has 1 unspecified atom stereocenters. The Hall–Kier alpha value is -0.830. The molecule has 0 bridgehead atoms. The van der Waals surface area contributed by atoms with Gasteiger partial charge in [-0.25, -0.2) is 0 Å². The fourth-order valence-electron chi connectivity index (χ4n) is 1.86. The Morgan fingerprint density at radius 3 is 2.39 bits per heavy atom. The van der Waals surface area contributed by atoms with Crippen LogP contribution in [0.2, 0.25) is 0 Å². The van der Waals surface area contributed by atoms with Gasteiger partial charge in [-0.1, -0.05) is 67.0 Å². The van der Waals surface area contributed by atoms with Crippen molar-refractivity contribution in [3.05, 3.63) is 35.9 Å². The van der Waals surface area contributed by atoms with Crippen LogP contribution in [0.3, 0.4) is 0 Å². The van der Waals surface area contributed by atoms with E-state index in [1.807, 2.05) is 30.3 Å². The van der Waals surface area contributed by atoms with Crippen LogP contribution in [-0.2, 0) is 11.2 Å². The molecule has 0 saturated carbocycles. The maximum atomic E-state index is 12.0. The zero-order valence-electron chi connectivity index (χ0n) is 11.4. The summed E-state index contributed by atoms with van der Waals surface area (Å²) in [4.78, 5) is 12.0. The molecule has 3 heteroatoms. The smallest absolute Gasteiger partial charge is 0.224 e. The van der Waals surface area contributed by atoms with Crippen molar-refractivity contribution in [2.24, 2.45) is 5.41 Å². The van der Waals surface area contributed by atoms with Gasteiger partial charge in [0.1, 0.15) is 0 Å². The number of carbonyl (C=O) groups is 1. The van der Waals surface area contributed by atoms with Gasteiger partial charge in [-0.05, 0) is 17.4 Å². The molecule has 0 aliphatic heterocycles. The van der Waals surface area contributed by atoms with Gasteiger partial charge in [-0.3, -0.25) is 4.79 Å². The third kappa shape index (κ3) is 5.21. The summed E-state index contributed by atoms with van der Waals surface area (Å²) in [5.74, 6) is 0.0991. The summed E-state index contributed by atoms with van der Waals surface area (Å²) in [5, 5.41) is 4.04. The first-order chi connectivity index (χ1) is 8.43. The van der Waals surface area contributed by atoms with Crippen molar-refractivity contribution in [1.29, 1.82) is 0 Å². The van der Waals surface area contributed by atoms with Gasteiger partial charge < -0.3 is 5.32 Å². The second-order valence-electron chi connectivity index (χ2n) is 5.63. The molecule has 1 aromatic carbocycles. The molecule has 1 N–H and O–H groups in total. The summed E-state index contributed by atoms with van der Waals surface area (Å²) in [6, 6.07) is 10.1. The Balaban J connectivity index is 2.57. The summed E-state index contributed by atoms with van der Waals surface area (Å²) in [6.45, 7) is 6.47. The first-order valence-electron chi connectivity index (χ1n) is 6.32. The van der Waals surface area contributed by atoms with Crippen molar-refractivity contribution in [2.45, 2.75) is 39.7 Å². The average molecular weight is 312 g/mol. The first kappa shape index (κ1) is 15.2. The molecule has 0 aliphatic rings. The van der Waals surface area contributed by atoms with Crippen LogP contribution in [0.5, 0.6) is 0 Å². The van der Waals surface area contributed by atoms with E-state index in [-0.39, 0.29) is 17.4 Å². The topological polar surface area (TPSA) is 29.1 Å². The van der Waals surface area contributed by atoms with E-state index in [1.54, 1.807) is 0 Å². The number of nitrogens with one attached hydrogen (secondary N) is 1. The summed E-state index contributed by atoms with van der Waals surface area (Å²) in [7, 11) is 0. The Bertz CT molecular complexity index is 370. The Kier molecular flexibility index (Phi) is 5.86. The van der Waals surface area contributed by atoms with E-state index in [4.69, 9.17) is 0 Å². The second-order valence-corrected chi connectivity index (χ2v) is 6.42. The van der Waals surface area contributed by atoms with Crippen LogP contribution in [0.15, 0.2) is 30.3 Å². The molecular weight excluding hydrogens is 290 g/mol. The molecule has 0 spiro atoms. The molecule has 0 saturated heterocycles. The van der Waals surface area contributed by atoms with Gasteiger partial charge in [0.15, 0.2) is 0 Å². The van der Waals surface area contributed by atoms with Gasteiger partial charge in [0, 0.05) is 11.4 Å². The summed E-state index contributed by atoms with van der Waals surface area (Å²) < 4.78 is 0. The van der Waals surface area contributed by atoms with Gasteiger partial charge in [-0.2, -0.15) is 0 Å². The van der Waals surface area contributed by atoms with Gasteiger partial charge in [0.25, 0.3) is 0 Å². The Morgan fingerprint density at radius 1 is 1.28 bits per heavy atom. The van der Waals surface area contributed by atoms with Gasteiger partial charge in [-0.15, -0.1) is 0 Å². The summed E-state index contributed by atoms with van der Waals surface area (Å²) in [5.41, 5.74) is 1.14. The highest BCUT2D eigenvalue weighted by atomic mass is 79.9. The predicted molar refractivity (Wildman–Crippen MR) is 79.9 cm³/mol. The van der Waals surface area contributed by atoms with Crippen LogP contribution >= 0.6 is 15.9 Å². The number of carbonyl (C=O) groups excluding carboxylic acids is 1. The third-order valence-electron chi connectivity index (χ3n) is 2.99. The molecule has 18 heavy (non-hydrogen) atoms. The molecule has 1 aromatic rings. The lowest BCUT2D eigenvalue weighted by atomic mass is 9.85. The molecule has 1 amide bonds. The normalized spacial score (nSPS) is 13.1. The number of rotatable bonds is 5. The second kappa shape index (κ2) is 6.93. The van der Waals surface area contributed by atoms with Crippen LogP contribution in [-0.4, -0.2) is 17.3 Å². The minimum atomic E-state index is 0.0835. The molecule has 1 rings (SSSR count). The Morgan fingerprint density at radius 2 is 1.89 bits per heavy atom. The van der Waals surface area contributed by atoms with Crippen molar-refractivity contribution in [3.8, 4) is 0 Å². The molecule has 0 fully saturated rings. The lowest BCUT2D eigenvalue weighted by Gasteiger charge is -2.31. The Labute approximate surface area is 118 Å². The molecule has 0 radical (unpaired) electrons. The summed E-state index contributed by atoms with van der Waals surface area (Å²) >= 11 is 3.45. The van der Waals surface area contributed by atoms with E-state index in [9.17, 15) is 4.79 Å². The van der Waals surface area contributed by atoms with Crippen LogP contribution in [0, 0.1) is 5.41 Å². The van der Waals surface area contributed by atoms with E-state index in [0.717, 1.165) is 17.3 Å². The maximum absolute atomic E-state index is 12.0. The lowest BCUT2D eigenvalue weighted by molar-refractivity contribution is -0.121. The van der Waals surface area contributed by atoms with E-state index in [1.165, 1.54) is 0 Å². The van der Waals surface area contributed by atoms with E-state index >= 15 is 0 Å². The number of amides is 1. The van der Waals surface area contributed by atoms with Crippen LogP contribution in [0.1, 0.15) is 32.8 Å². The van der Waals surface area contributed by atoms with Gasteiger partial charge in [0.05, 0.1) is 6.42 Å². The maximum Gasteiger partial charge on any atom is 0.224 e. The number of alkyl halides is 1. The van der Waals surface area contributed by atoms with Crippen LogP contribution in [0.4, 0.5) is 0 Å². The van der Waals surface area contributed by atoms with E-state index in [2.05, 4.69) is 42.0 Å². The molecule has 0 aromatic heterocycles. The van der Waals surface area contributed by atoms with Crippen molar-refractivity contribution < 1.29 is 4.79 Å². The minimum Gasteiger partial charge on any atom is -0.353 e. The fraction of sp³-hybridized carbons (Fsp3) is 0.533. The highest BCUT2D eigenvalue weighted by molar-refractivity contribution is 9.09. The molecule has 1 atom stereocenters. The van der Waals surface area contributed by atoms with Crippen molar-refractivity contribution in [2.75, 3.05) is 5.33 Å². The molecule has 100 valence electrons. The van der Waals surface area contributed by atoms with Crippen molar-refractivity contribution >= 4 is 21.8 Å². The lowest BCUT2D eigenvalue weighted by Crippen LogP contribution is -2.44. The van der Waals surface area contributed by atoms with Crippen molar-refractivity contribution in [3.63, 3.8) is 0 Å². The molecule has 0 aliphatic carbocycles. The van der Waals surface area contributed by atoms with Gasteiger partial charge >= 0.3 is 0 Å². The average Bonchev–Trinajstić information content (AvgIpc) is 2.28. The number of benzene rings is 1. The van der Waals surface area contributed by atoms with E-state index in [0.29, 0.717) is 6.42 Å². The standard InChI is InChI=1S/C15H22BrNO/c1-15(2,3)13(9-10-16)17-14(18)11-12-7-5-4-6-8-12/h4-8,13H,9-11H2,1-3H3,(H,17,18). The minimum absolute atomic E-state index is 0.0835. The monoisotopic (exact) mass is 311 g/mol. The van der Waals surface area contributed by atoms with Crippen molar-refractivity contribution in [1.82, 2.24) is 5.32 Å². The molecule has 2 nitrogen and oxygen atoms in total. The predicted octanol–water partition coefficient (Wildman–Crippen LogP) is 3.55. The molecular formula is C15H22BrNO. The van der Waals surface area contributed by atoms with E-state index < -0.39 is 0 Å². The first-order valence-corrected chi connectivity index (χ1v) is 7.45. The number of hydrogen-bond acceptors (Lipinski definition) is 1. The van der Waals surface area contributed by atoms with Crippen LogP contribution in [0.25, 0.3) is 0 Å². The largest absolute Gasteiger partial charge is 0.353 e. The number of hydrogen-bond donors (Lipinski definition) is 1. The zero-order valence-corrected chi connectivity index (χ0v) is 13.0.